The first-order valence-corrected chi connectivity index (χ1v) is 5.76. The molecule has 0 amide bonds. The van der Waals surface area contributed by atoms with Crippen molar-refractivity contribution >= 4 is 22.8 Å². The largest absolute Gasteiger partial charge is 0.539 e. The molecule has 0 saturated carbocycles. The van der Waals surface area contributed by atoms with Gasteiger partial charge in [-0.3, -0.25) is 0 Å². The van der Waals surface area contributed by atoms with Gasteiger partial charge in [0.1, 0.15) is 5.97 Å². The number of carboxylic acid groups (broad SMARTS) is 1. The standard InChI is InChI=1S/C11H11NO2S/c13-11(14)10-12(6-7-15-10)8-9-4-2-1-3-5-9/h1-5H,6-8H2. The quantitative estimate of drug-likeness (QED) is 0.680. The van der Waals surface area contributed by atoms with Crippen LogP contribution in [0.2, 0.25) is 0 Å². The van der Waals surface area contributed by atoms with Crippen LogP contribution in [-0.4, -0.2) is 27.9 Å². The molecule has 0 bridgehead atoms. The molecule has 0 N–H and O–H groups in total. The molecule has 1 aromatic rings. The third-order valence-corrected chi connectivity index (χ3v) is 3.36. The van der Waals surface area contributed by atoms with Crippen molar-refractivity contribution in [2.75, 3.05) is 12.3 Å². The maximum atomic E-state index is 10.8. The Kier molecular flexibility index (Phi) is 3.06. The molecule has 0 aromatic heterocycles. The molecule has 3 nitrogen and oxygen atoms in total. The van der Waals surface area contributed by atoms with Gasteiger partial charge in [0.15, 0.2) is 13.1 Å². The highest BCUT2D eigenvalue weighted by Crippen LogP contribution is 2.13. The van der Waals surface area contributed by atoms with Gasteiger partial charge < -0.3 is 9.90 Å². The first kappa shape index (κ1) is 10.2. The van der Waals surface area contributed by atoms with Crippen molar-refractivity contribution in [3.05, 3.63) is 35.9 Å². The molecule has 0 atom stereocenters. The first-order valence-electron chi connectivity index (χ1n) is 4.77. The highest BCUT2D eigenvalue weighted by Gasteiger charge is 2.23. The summed E-state index contributed by atoms with van der Waals surface area (Å²) in [5.74, 6) is -0.232. The van der Waals surface area contributed by atoms with Crippen molar-refractivity contribution in [2.45, 2.75) is 6.54 Å². The number of benzene rings is 1. The maximum Gasteiger partial charge on any atom is 0.258 e. The molecule has 78 valence electrons. The molecule has 0 aliphatic carbocycles. The monoisotopic (exact) mass is 221 g/mol. The third kappa shape index (κ3) is 2.39. The molecular weight excluding hydrogens is 210 g/mol. The summed E-state index contributed by atoms with van der Waals surface area (Å²) >= 11 is 1.36. The Hall–Kier alpha value is -1.29. The van der Waals surface area contributed by atoms with Gasteiger partial charge in [-0.15, -0.1) is 0 Å². The van der Waals surface area contributed by atoms with Gasteiger partial charge in [0, 0.05) is 5.56 Å². The molecule has 2 rings (SSSR count). The first-order chi connectivity index (χ1) is 7.27. The second kappa shape index (κ2) is 4.49. The van der Waals surface area contributed by atoms with E-state index in [1.807, 2.05) is 34.9 Å². The number of carbonyl (C=O) groups excluding carboxylic acids is 1. The number of carbonyl (C=O) groups is 1. The van der Waals surface area contributed by atoms with E-state index in [9.17, 15) is 9.90 Å². The average Bonchev–Trinajstić information content (AvgIpc) is 2.67. The fourth-order valence-electron chi connectivity index (χ4n) is 1.59. The number of aliphatic carboxylic acids is 1. The molecule has 0 fully saturated rings. The molecular formula is C11H11NO2S. The van der Waals surface area contributed by atoms with Crippen molar-refractivity contribution in [1.82, 2.24) is 0 Å². The van der Waals surface area contributed by atoms with E-state index < -0.39 is 5.97 Å². The minimum absolute atomic E-state index is 0.360. The van der Waals surface area contributed by atoms with Gasteiger partial charge in [-0.1, -0.05) is 30.3 Å². The SMILES string of the molecule is O=C([O-])C1=[N+](Cc2ccccc2)CCS1. The molecule has 0 radical (unpaired) electrons. The van der Waals surface area contributed by atoms with Gasteiger partial charge in [0.25, 0.3) is 5.04 Å². The highest BCUT2D eigenvalue weighted by molar-refractivity contribution is 8.15. The van der Waals surface area contributed by atoms with E-state index in [1.165, 1.54) is 11.8 Å². The van der Waals surface area contributed by atoms with Crippen LogP contribution < -0.4 is 5.11 Å². The summed E-state index contributed by atoms with van der Waals surface area (Å²) in [6, 6.07) is 9.85. The van der Waals surface area contributed by atoms with Gasteiger partial charge in [-0.25, -0.2) is 4.58 Å². The smallest absolute Gasteiger partial charge is 0.258 e. The minimum Gasteiger partial charge on any atom is -0.539 e. The molecule has 0 saturated heterocycles. The molecule has 0 spiro atoms. The number of rotatable bonds is 3. The van der Waals surface area contributed by atoms with Crippen LogP contribution in [0.1, 0.15) is 5.56 Å². The molecule has 1 aliphatic rings. The number of nitrogens with zero attached hydrogens (tertiary/aromatic N) is 1. The second-order valence-electron chi connectivity index (χ2n) is 3.35. The van der Waals surface area contributed by atoms with E-state index in [4.69, 9.17) is 0 Å². The Bertz CT molecular complexity index is 400. The van der Waals surface area contributed by atoms with Crippen LogP contribution >= 0.6 is 11.8 Å². The van der Waals surface area contributed by atoms with Gasteiger partial charge in [0.2, 0.25) is 0 Å². The van der Waals surface area contributed by atoms with E-state index >= 15 is 0 Å². The Morgan fingerprint density at radius 1 is 1.40 bits per heavy atom. The topological polar surface area (TPSA) is 43.1 Å². The van der Waals surface area contributed by atoms with E-state index in [0.717, 1.165) is 17.9 Å². The summed E-state index contributed by atoms with van der Waals surface area (Å²) in [7, 11) is 0. The lowest BCUT2D eigenvalue weighted by molar-refractivity contribution is -0.534. The van der Waals surface area contributed by atoms with Crippen molar-refractivity contribution in [3.8, 4) is 0 Å². The lowest BCUT2D eigenvalue weighted by atomic mass is 10.2. The summed E-state index contributed by atoms with van der Waals surface area (Å²) in [6.45, 7) is 1.43. The maximum absolute atomic E-state index is 10.8. The van der Waals surface area contributed by atoms with Crippen molar-refractivity contribution < 1.29 is 14.5 Å². The van der Waals surface area contributed by atoms with Crippen LogP contribution in [-0.2, 0) is 11.3 Å². The van der Waals surface area contributed by atoms with Crippen LogP contribution in [0.5, 0.6) is 0 Å². The van der Waals surface area contributed by atoms with Gasteiger partial charge in [-0.05, 0) is 11.8 Å². The summed E-state index contributed by atoms with van der Waals surface area (Å²) in [6.07, 6.45) is 0. The van der Waals surface area contributed by atoms with Crippen molar-refractivity contribution in [3.63, 3.8) is 0 Å². The van der Waals surface area contributed by atoms with E-state index in [0.29, 0.717) is 11.6 Å². The normalized spacial score (nSPS) is 15.7. The summed E-state index contributed by atoms with van der Waals surface area (Å²) in [5, 5.41) is 11.2. The predicted octanol–water partition coefficient (Wildman–Crippen LogP) is 0.0943. The van der Waals surface area contributed by atoms with Crippen LogP contribution in [0.15, 0.2) is 30.3 Å². The van der Waals surface area contributed by atoms with Crippen molar-refractivity contribution in [2.24, 2.45) is 0 Å². The van der Waals surface area contributed by atoms with Gasteiger partial charge in [0.05, 0.1) is 5.75 Å². The summed E-state index contributed by atoms with van der Waals surface area (Å²) in [5.41, 5.74) is 1.12. The number of hydrogen-bond acceptors (Lipinski definition) is 3. The zero-order valence-corrected chi connectivity index (χ0v) is 9.00. The van der Waals surface area contributed by atoms with Gasteiger partial charge >= 0.3 is 0 Å². The Balaban J connectivity index is 2.18. The zero-order valence-electron chi connectivity index (χ0n) is 8.18. The van der Waals surface area contributed by atoms with E-state index in [-0.39, 0.29) is 0 Å². The molecule has 1 heterocycles. The number of carboxylic acids is 1. The molecule has 1 aromatic carbocycles. The molecule has 1 aliphatic heterocycles. The minimum atomic E-state index is -1.06. The average molecular weight is 221 g/mol. The van der Waals surface area contributed by atoms with E-state index in [1.54, 1.807) is 0 Å². The fourth-order valence-corrected chi connectivity index (χ4v) is 2.55. The predicted molar refractivity (Wildman–Crippen MR) is 57.7 cm³/mol. The molecule has 4 heteroatoms. The lowest BCUT2D eigenvalue weighted by Gasteiger charge is -2.02. The Labute approximate surface area is 92.4 Å². The number of thioether (sulfide) groups is 1. The van der Waals surface area contributed by atoms with Crippen LogP contribution in [0.4, 0.5) is 0 Å². The molecule has 15 heavy (non-hydrogen) atoms. The Morgan fingerprint density at radius 2 is 2.13 bits per heavy atom. The molecule has 0 unspecified atom stereocenters. The van der Waals surface area contributed by atoms with Crippen LogP contribution in [0.3, 0.4) is 0 Å². The third-order valence-electron chi connectivity index (χ3n) is 2.28. The zero-order chi connectivity index (χ0) is 10.7. The van der Waals surface area contributed by atoms with Gasteiger partial charge in [-0.2, -0.15) is 0 Å². The van der Waals surface area contributed by atoms with Crippen LogP contribution in [0.25, 0.3) is 0 Å². The van der Waals surface area contributed by atoms with Crippen LogP contribution in [0, 0.1) is 0 Å². The lowest BCUT2D eigenvalue weighted by Crippen LogP contribution is -2.33. The second-order valence-corrected chi connectivity index (χ2v) is 4.43. The summed E-state index contributed by atoms with van der Waals surface area (Å²) < 4.78 is 1.86. The van der Waals surface area contributed by atoms with E-state index in [2.05, 4.69) is 0 Å². The number of hydrogen-bond donors (Lipinski definition) is 0. The fraction of sp³-hybridized carbons (Fsp3) is 0.273. The summed E-state index contributed by atoms with van der Waals surface area (Å²) in [4.78, 5) is 10.8. The highest BCUT2D eigenvalue weighted by atomic mass is 32.2. The Morgan fingerprint density at radius 3 is 2.80 bits per heavy atom. The van der Waals surface area contributed by atoms with Crippen molar-refractivity contribution in [1.29, 1.82) is 0 Å².